The molecule has 10 nitrogen and oxygen atoms in total. The summed E-state index contributed by atoms with van der Waals surface area (Å²) in [5, 5.41) is 15.7. The fraction of sp³-hybridized carbons (Fsp3) is 0.552. The van der Waals surface area contributed by atoms with Crippen LogP contribution in [-0.2, 0) is 32.1 Å². The van der Waals surface area contributed by atoms with Crippen LogP contribution >= 0.6 is 0 Å². The Morgan fingerprint density at radius 1 is 1.07 bits per heavy atom. The number of carbonyl (C=O) groups is 1. The number of halogens is 3. The number of carbonyl (C=O) groups excluding carboxylic acids is 1. The zero-order chi connectivity index (χ0) is 31.5. The highest BCUT2D eigenvalue weighted by Gasteiger charge is 2.38. The standard InChI is InChI=1S/C29H39F3N4O6S/c1-19-4-5-21(14-26(19)37)13-23-16-34(6-7-35-10-11-42-24(17-35)18-41-3)8-9-36(23)28(38)25-15-22(29(30,31)32)12-20(2)27(25)43(33,39)40/h4-5,12,14-15,23-24,37H,6-11,13,16-18H2,1-3H3,(H2,33,39,40)/t23-,24+/m1/s1. The number of aryl methyl sites for hydroxylation is 2. The number of piperazine rings is 1. The average molecular weight is 629 g/mol. The lowest BCUT2D eigenvalue weighted by Crippen LogP contribution is -2.57. The van der Waals surface area contributed by atoms with Crippen molar-refractivity contribution in [2.45, 2.75) is 43.5 Å². The van der Waals surface area contributed by atoms with Gasteiger partial charge in [-0.15, -0.1) is 0 Å². The fourth-order valence-corrected chi connectivity index (χ4v) is 6.76. The highest BCUT2D eigenvalue weighted by atomic mass is 32.2. The van der Waals surface area contributed by atoms with Crippen molar-refractivity contribution in [1.29, 1.82) is 0 Å². The summed E-state index contributed by atoms with van der Waals surface area (Å²) in [5.74, 6) is -0.749. The Labute approximate surface area is 250 Å². The Kier molecular flexibility index (Phi) is 10.4. The molecule has 2 aromatic carbocycles. The van der Waals surface area contributed by atoms with Gasteiger partial charge in [0.05, 0.1) is 35.3 Å². The van der Waals surface area contributed by atoms with Gasteiger partial charge in [0.15, 0.2) is 0 Å². The van der Waals surface area contributed by atoms with Gasteiger partial charge in [0.2, 0.25) is 10.0 Å². The molecule has 4 rings (SSSR count). The Hall–Kier alpha value is -2.75. The number of phenols is 1. The van der Waals surface area contributed by atoms with E-state index in [1.807, 2.05) is 6.07 Å². The number of morpholine rings is 1. The Morgan fingerprint density at radius 3 is 2.40 bits per heavy atom. The third-order valence-electron chi connectivity index (χ3n) is 8.00. The molecule has 43 heavy (non-hydrogen) atoms. The van der Waals surface area contributed by atoms with Crippen LogP contribution in [-0.4, -0.2) is 112 Å². The van der Waals surface area contributed by atoms with Gasteiger partial charge in [-0.05, 0) is 55.2 Å². The summed E-state index contributed by atoms with van der Waals surface area (Å²) in [4.78, 5) is 19.2. The molecule has 2 heterocycles. The number of alkyl halides is 3. The largest absolute Gasteiger partial charge is 0.508 e. The molecule has 0 bridgehead atoms. The smallest absolute Gasteiger partial charge is 0.416 e. The number of hydrogen-bond acceptors (Lipinski definition) is 8. The first-order valence-corrected chi connectivity index (χ1v) is 15.6. The molecule has 0 spiro atoms. The molecule has 0 aromatic heterocycles. The van der Waals surface area contributed by atoms with Gasteiger partial charge in [-0.2, -0.15) is 13.2 Å². The molecule has 0 aliphatic carbocycles. The maximum absolute atomic E-state index is 14.0. The first-order chi connectivity index (χ1) is 20.2. The maximum Gasteiger partial charge on any atom is 0.416 e. The lowest BCUT2D eigenvalue weighted by Gasteiger charge is -2.43. The summed E-state index contributed by atoms with van der Waals surface area (Å²) >= 11 is 0. The highest BCUT2D eigenvalue weighted by Crippen LogP contribution is 2.34. The number of methoxy groups -OCH3 is 1. The number of rotatable bonds is 9. The van der Waals surface area contributed by atoms with Crippen LogP contribution in [0.5, 0.6) is 5.75 Å². The van der Waals surface area contributed by atoms with Crippen LogP contribution < -0.4 is 5.14 Å². The minimum atomic E-state index is -4.80. The number of phenolic OH excluding ortho intramolecular Hbond substituents is 1. The summed E-state index contributed by atoms with van der Waals surface area (Å²) in [6.45, 7) is 7.97. The SMILES string of the molecule is COC[C@@H]1CN(CCN2CCN(C(=O)c3cc(C(F)(F)F)cc(C)c3S(N)(=O)=O)[C@H](Cc3ccc(C)c(O)c3)C2)CCO1. The van der Waals surface area contributed by atoms with Crippen molar-refractivity contribution in [3.63, 3.8) is 0 Å². The van der Waals surface area contributed by atoms with E-state index in [2.05, 4.69) is 9.80 Å². The molecule has 2 saturated heterocycles. The second-order valence-electron chi connectivity index (χ2n) is 11.2. The number of amides is 1. The van der Waals surface area contributed by atoms with Crippen LogP contribution in [0.2, 0.25) is 0 Å². The topological polar surface area (TPSA) is 126 Å². The summed E-state index contributed by atoms with van der Waals surface area (Å²) in [6.07, 6.45) is -4.51. The van der Waals surface area contributed by atoms with Gasteiger partial charge >= 0.3 is 6.18 Å². The van der Waals surface area contributed by atoms with Crippen molar-refractivity contribution in [3.05, 3.63) is 58.1 Å². The molecule has 1 amide bonds. The van der Waals surface area contributed by atoms with Crippen molar-refractivity contribution < 1.29 is 41.0 Å². The normalized spacial score (nSPS) is 20.9. The van der Waals surface area contributed by atoms with E-state index in [4.69, 9.17) is 14.6 Å². The van der Waals surface area contributed by atoms with Crippen molar-refractivity contribution in [1.82, 2.24) is 14.7 Å². The predicted octanol–water partition coefficient (Wildman–Crippen LogP) is 2.39. The van der Waals surface area contributed by atoms with Crippen LogP contribution in [0.1, 0.15) is 32.6 Å². The maximum atomic E-state index is 14.0. The van der Waals surface area contributed by atoms with E-state index in [1.54, 1.807) is 26.2 Å². The molecule has 0 unspecified atom stereocenters. The van der Waals surface area contributed by atoms with Gasteiger partial charge in [0.1, 0.15) is 5.75 Å². The van der Waals surface area contributed by atoms with Crippen molar-refractivity contribution >= 4 is 15.9 Å². The molecule has 2 aromatic rings. The molecule has 0 saturated carbocycles. The van der Waals surface area contributed by atoms with Crippen LogP contribution in [0.25, 0.3) is 0 Å². The number of primary sulfonamides is 1. The number of aromatic hydroxyl groups is 1. The molecule has 0 radical (unpaired) electrons. The number of benzene rings is 2. The zero-order valence-electron chi connectivity index (χ0n) is 24.6. The number of ether oxygens (including phenoxy) is 2. The van der Waals surface area contributed by atoms with Crippen LogP contribution in [0, 0.1) is 13.8 Å². The van der Waals surface area contributed by atoms with Gasteiger partial charge in [-0.1, -0.05) is 12.1 Å². The van der Waals surface area contributed by atoms with Gasteiger partial charge in [0.25, 0.3) is 5.91 Å². The minimum absolute atomic E-state index is 0.0147. The summed E-state index contributed by atoms with van der Waals surface area (Å²) in [7, 11) is -2.89. The highest BCUT2D eigenvalue weighted by molar-refractivity contribution is 7.89. The molecule has 2 atom stereocenters. The molecular weight excluding hydrogens is 589 g/mol. The number of hydrogen-bond donors (Lipinski definition) is 2. The van der Waals surface area contributed by atoms with Gasteiger partial charge in [0, 0.05) is 59.0 Å². The second kappa shape index (κ2) is 13.5. The predicted molar refractivity (Wildman–Crippen MR) is 153 cm³/mol. The van der Waals surface area contributed by atoms with Gasteiger partial charge < -0.3 is 19.5 Å². The number of nitrogens with two attached hydrogens (primary N) is 1. The Morgan fingerprint density at radius 2 is 1.77 bits per heavy atom. The quantitative estimate of drug-likeness (QED) is 0.434. The van der Waals surface area contributed by atoms with E-state index in [0.29, 0.717) is 57.0 Å². The van der Waals surface area contributed by atoms with E-state index < -0.39 is 44.2 Å². The third-order valence-corrected chi connectivity index (χ3v) is 9.11. The second-order valence-corrected chi connectivity index (χ2v) is 12.7. The Balaban J connectivity index is 1.62. The van der Waals surface area contributed by atoms with E-state index >= 15 is 0 Å². The van der Waals surface area contributed by atoms with Crippen molar-refractivity contribution in [2.75, 3.05) is 66.1 Å². The van der Waals surface area contributed by atoms with Crippen LogP contribution in [0.3, 0.4) is 0 Å². The van der Waals surface area contributed by atoms with E-state index in [1.165, 1.54) is 11.8 Å². The monoisotopic (exact) mass is 628 g/mol. The lowest BCUT2D eigenvalue weighted by atomic mass is 9.98. The molecule has 3 N–H and O–H groups in total. The van der Waals surface area contributed by atoms with Crippen molar-refractivity contribution in [3.8, 4) is 5.75 Å². The van der Waals surface area contributed by atoms with E-state index in [9.17, 15) is 31.5 Å². The minimum Gasteiger partial charge on any atom is -0.508 e. The lowest BCUT2D eigenvalue weighted by molar-refractivity contribution is -0.137. The van der Waals surface area contributed by atoms with Gasteiger partial charge in [-0.3, -0.25) is 14.6 Å². The van der Waals surface area contributed by atoms with Crippen LogP contribution in [0.4, 0.5) is 13.2 Å². The molecule has 2 aliphatic rings. The molecule has 2 aliphatic heterocycles. The summed E-state index contributed by atoms with van der Waals surface area (Å²) < 4.78 is 77.1. The van der Waals surface area contributed by atoms with E-state index in [-0.39, 0.29) is 24.0 Å². The fourth-order valence-electron chi connectivity index (χ4n) is 5.80. The first kappa shape index (κ1) is 33.1. The molecular formula is C29H39F3N4O6S. The van der Waals surface area contributed by atoms with E-state index in [0.717, 1.165) is 25.2 Å². The molecule has 2 fully saturated rings. The third kappa shape index (κ3) is 8.25. The average Bonchev–Trinajstić information content (AvgIpc) is 2.92. The number of sulfonamides is 1. The van der Waals surface area contributed by atoms with Crippen LogP contribution in [0.15, 0.2) is 35.2 Å². The van der Waals surface area contributed by atoms with Gasteiger partial charge in [-0.25, -0.2) is 13.6 Å². The summed E-state index contributed by atoms with van der Waals surface area (Å²) in [6, 6.07) is 5.92. The van der Waals surface area contributed by atoms with Crippen molar-refractivity contribution in [2.24, 2.45) is 5.14 Å². The molecule has 238 valence electrons. The first-order valence-electron chi connectivity index (χ1n) is 14.1. The Bertz CT molecular complexity index is 1420. The zero-order valence-corrected chi connectivity index (χ0v) is 25.4. The summed E-state index contributed by atoms with van der Waals surface area (Å²) in [5.41, 5.74) is -0.572. The molecule has 14 heteroatoms. The number of nitrogens with zero attached hydrogens (tertiary/aromatic N) is 3.